The highest BCUT2D eigenvalue weighted by molar-refractivity contribution is 6.32. The Balaban J connectivity index is 2.82. The molecule has 0 aliphatic rings. The first-order chi connectivity index (χ1) is 9.43. The Morgan fingerprint density at radius 1 is 1.50 bits per heavy atom. The normalized spacial score (nSPS) is 12.4. The molecule has 0 spiro atoms. The van der Waals surface area contributed by atoms with Gasteiger partial charge in [-0.3, -0.25) is 0 Å². The molecule has 0 amide bonds. The van der Waals surface area contributed by atoms with Crippen LogP contribution >= 0.6 is 11.6 Å². The van der Waals surface area contributed by atoms with Crippen molar-refractivity contribution in [1.82, 2.24) is 0 Å². The summed E-state index contributed by atoms with van der Waals surface area (Å²) in [5.74, 6) is 3.00. The standard InChI is InChI=1S/C17H18ClFO/c1-5-6-14(9-13(4)19)11-20-17-8-7-15(12(2)3)10-16(17)18/h1,6-10,12H,11H2,2-4H3/b13-9+,14-6+. The van der Waals surface area contributed by atoms with Crippen molar-refractivity contribution in [3.05, 3.63) is 52.3 Å². The van der Waals surface area contributed by atoms with E-state index >= 15 is 0 Å². The number of halogens is 2. The van der Waals surface area contributed by atoms with E-state index in [0.717, 1.165) is 5.56 Å². The number of rotatable bonds is 5. The average Bonchev–Trinajstić information content (AvgIpc) is 2.36. The van der Waals surface area contributed by atoms with Crippen LogP contribution in [0.3, 0.4) is 0 Å². The molecule has 0 aromatic heterocycles. The van der Waals surface area contributed by atoms with Gasteiger partial charge in [-0.05, 0) is 42.7 Å². The summed E-state index contributed by atoms with van der Waals surface area (Å²) in [6.07, 6.45) is 8.01. The van der Waals surface area contributed by atoms with Crippen molar-refractivity contribution in [3.63, 3.8) is 0 Å². The minimum Gasteiger partial charge on any atom is -0.487 e. The van der Waals surface area contributed by atoms with E-state index in [2.05, 4.69) is 19.8 Å². The van der Waals surface area contributed by atoms with Crippen LogP contribution in [-0.2, 0) is 0 Å². The lowest BCUT2D eigenvalue weighted by molar-refractivity contribution is 0.355. The first kappa shape index (κ1) is 16.3. The fourth-order valence-electron chi connectivity index (χ4n) is 1.64. The minimum atomic E-state index is -0.323. The monoisotopic (exact) mass is 292 g/mol. The largest absolute Gasteiger partial charge is 0.487 e. The van der Waals surface area contributed by atoms with Crippen molar-refractivity contribution < 1.29 is 9.13 Å². The predicted molar refractivity (Wildman–Crippen MR) is 82.8 cm³/mol. The molecule has 0 saturated carbocycles. The zero-order valence-electron chi connectivity index (χ0n) is 11.9. The van der Waals surface area contributed by atoms with Crippen molar-refractivity contribution in [3.8, 4) is 18.1 Å². The number of benzene rings is 1. The van der Waals surface area contributed by atoms with Crippen LogP contribution in [0, 0.1) is 12.3 Å². The van der Waals surface area contributed by atoms with Crippen molar-refractivity contribution >= 4 is 11.6 Å². The van der Waals surface area contributed by atoms with Gasteiger partial charge in [0.05, 0.1) is 10.8 Å². The van der Waals surface area contributed by atoms with E-state index in [0.29, 0.717) is 22.3 Å². The maximum atomic E-state index is 12.9. The van der Waals surface area contributed by atoms with Crippen LogP contribution in [0.1, 0.15) is 32.3 Å². The van der Waals surface area contributed by atoms with Gasteiger partial charge in [-0.25, -0.2) is 4.39 Å². The first-order valence-corrected chi connectivity index (χ1v) is 6.73. The third kappa shape index (κ3) is 5.11. The summed E-state index contributed by atoms with van der Waals surface area (Å²) in [6.45, 7) is 5.71. The predicted octanol–water partition coefficient (Wildman–Crippen LogP) is 5.28. The van der Waals surface area contributed by atoms with E-state index in [1.54, 1.807) is 0 Å². The number of hydrogen-bond donors (Lipinski definition) is 0. The Morgan fingerprint density at radius 3 is 2.70 bits per heavy atom. The molecule has 1 aromatic rings. The summed E-state index contributed by atoms with van der Waals surface area (Å²) < 4.78 is 18.5. The van der Waals surface area contributed by atoms with E-state index in [-0.39, 0.29) is 12.4 Å². The quantitative estimate of drug-likeness (QED) is 0.530. The SMILES string of the molecule is C#C/C=C(\C=C(/C)F)COc1ccc(C(C)C)cc1Cl. The fraction of sp³-hybridized carbons (Fsp3) is 0.294. The topological polar surface area (TPSA) is 9.23 Å². The third-order valence-electron chi connectivity index (χ3n) is 2.67. The molecule has 106 valence electrons. The Kier molecular flexibility index (Phi) is 6.35. The molecular weight excluding hydrogens is 275 g/mol. The van der Waals surface area contributed by atoms with Gasteiger partial charge in [-0.1, -0.05) is 37.4 Å². The van der Waals surface area contributed by atoms with Gasteiger partial charge in [0.1, 0.15) is 12.4 Å². The lowest BCUT2D eigenvalue weighted by Crippen LogP contribution is -2.01. The van der Waals surface area contributed by atoms with Crippen molar-refractivity contribution in [2.24, 2.45) is 0 Å². The smallest absolute Gasteiger partial charge is 0.138 e. The van der Waals surface area contributed by atoms with Gasteiger partial charge in [-0.2, -0.15) is 0 Å². The van der Waals surface area contributed by atoms with E-state index < -0.39 is 0 Å². The number of ether oxygens (including phenoxy) is 1. The number of hydrogen-bond acceptors (Lipinski definition) is 1. The average molecular weight is 293 g/mol. The van der Waals surface area contributed by atoms with Crippen molar-refractivity contribution in [2.45, 2.75) is 26.7 Å². The highest BCUT2D eigenvalue weighted by Crippen LogP contribution is 2.28. The Hall–Kier alpha value is -1.72. The summed E-state index contributed by atoms with van der Waals surface area (Å²) >= 11 is 6.17. The zero-order valence-corrected chi connectivity index (χ0v) is 12.7. The molecule has 0 bridgehead atoms. The van der Waals surface area contributed by atoms with Crippen LogP contribution in [-0.4, -0.2) is 6.61 Å². The van der Waals surface area contributed by atoms with Crippen molar-refractivity contribution in [2.75, 3.05) is 6.61 Å². The molecule has 0 atom stereocenters. The summed E-state index contributed by atoms with van der Waals surface area (Å²) in [7, 11) is 0. The molecule has 3 heteroatoms. The molecular formula is C17H18ClFO. The molecule has 0 radical (unpaired) electrons. The van der Waals surface area contributed by atoms with Crippen LogP contribution in [0.5, 0.6) is 5.75 Å². The molecule has 1 aromatic carbocycles. The summed E-state index contributed by atoms with van der Waals surface area (Å²) in [5, 5.41) is 0.539. The lowest BCUT2D eigenvalue weighted by Gasteiger charge is -2.11. The van der Waals surface area contributed by atoms with Crippen LogP contribution in [0.2, 0.25) is 5.02 Å². The zero-order chi connectivity index (χ0) is 15.1. The highest BCUT2D eigenvalue weighted by atomic mass is 35.5. The minimum absolute atomic E-state index is 0.173. The Labute approximate surface area is 125 Å². The summed E-state index contributed by atoms with van der Waals surface area (Å²) in [4.78, 5) is 0. The van der Waals surface area contributed by atoms with Crippen molar-refractivity contribution in [1.29, 1.82) is 0 Å². The van der Waals surface area contributed by atoms with Gasteiger partial charge in [0.15, 0.2) is 0 Å². The second-order valence-electron chi connectivity index (χ2n) is 4.75. The molecule has 0 saturated heterocycles. The molecule has 0 aliphatic carbocycles. The molecule has 20 heavy (non-hydrogen) atoms. The maximum Gasteiger partial charge on any atom is 0.138 e. The lowest BCUT2D eigenvalue weighted by atomic mass is 10.0. The van der Waals surface area contributed by atoms with Crippen LogP contribution in [0.25, 0.3) is 0 Å². The van der Waals surface area contributed by atoms with Gasteiger partial charge in [0.25, 0.3) is 0 Å². The van der Waals surface area contributed by atoms with Gasteiger partial charge >= 0.3 is 0 Å². The van der Waals surface area contributed by atoms with Gasteiger partial charge in [0, 0.05) is 5.57 Å². The fourth-order valence-corrected chi connectivity index (χ4v) is 1.89. The first-order valence-electron chi connectivity index (χ1n) is 6.35. The number of allylic oxidation sites excluding steroid dienone is 2. The molecule has 0 fully saturated rings. The second kappa shape index (κ2) is 7.77. The Bertz CT molecular complexity index is 561. The van der Waals surface area contributed by atoms with E-state index in [9.17, 15) is 4.39 Å². The second-order valence-corrected chi connectivity index (χ2v) is 5.16. The van der Waals surface area contributed by atoms with Crippen LogP contribution < -0.4 is 4.74 Å². The van der Waals surface area contributed by atoms with Crippen LogP contribution in [0.4, 0.5) is 4.39 Å². The van der Waals surface area contributed by atoms with Gasteiger partial charge in [-0.15, -0.1) is 6.42 Å². The molecule has 0 N–H and O–H groups in total. The van der Waals surface area contributed by atoms with Gasteiger partial charge < -0.3 is 4.74 Å². The van der Waals surface area contributed by atoms with E-state index in [1.807, 2.05) is 18.2 Å². The van der Waals surface area contributed by atoms with E-state index in [1.165, 1.54) is 19.1 Å². The molecule has 1 nitrogen and oxygen atoms in total. The summed E-state index contributed by atoms with van der Waals surface area (Å²) in [6, 6.07) is 5.66. The molecule has 0 heterocycles. The molecule has 1 rings (SSSR count). The maximum absolute atomic E-state index is 12.9. The molecule has 0 aliphatic heterocycles. The summed E-state index contributed by atoms with van der Waals surface area (Å²) in [5.41, 5.74) is 1.72. The van der Waals surface area contributed by atoms with Gasteiger partial charge in [0.2, 0.25) is 0 Å². The molecule has 0 unspecified atom stereocenters. The highest BCUT2D eigenvalue weighted by Gasteiger charge is 2.06. The van der Waals surface area contributed by atoms with E-state index in [4.69, 9.17) is 22.8 Å². The third-order valence-corrected chi connectivity index (χ3v) is 2.97. The number of terminal acetylenes is 1. The van der Waals surface area contributed by atoms with Crippen LogP contribution in [0.15, 0.2) is 41.8 Å². The Morgan fingerprint density at radius 2 is 2.20 bits per heavy atom.